The first kappa shape index (κ1) is 22.3. The number of aromatic hydroxyl groups is 1. The molecule has 3 rings (SSSR count). The van der Waals surface area contributed by atoms with Crippen molar-refractivity contribution in [3.8, 4) is 11.5 Å². The van der Waals surface area contributed by atoms with E-state index in [9.17, 15) is 18.3 Å². The fraction of sp³-hybridized carbons (Fsp3) is 0.182. The molecule has 3 aromatic rings. The molecular formula is C22H23N3O5S. The maximum atomic E-state index is 12.9. The Kier molecular flexibility index (Phi) is 6.57. The van der Waals surface area contributed by atoms with E-state index in [1.165, 1.54) is 26.4 Å². The fourth-order valence-corrected chi connectivity index (χ4v) is 4.43. The van der Waals surface area contributed by atoms with Crippen LogP contribution < -0.4 is 10.2 Å². The minimum atomic E-state index is -3.96. The van der Waals surface area contributed by atoms with E-state index < -0.39 is 22.5 Å². The molecule has 0 bridgehead atoms. The molecule has 0 unspecified atom stereocenters. The Morgan fingerprint density at radius 3 is 2.68 bits per heavy atom. The van der Waals surface area contributed by atoms with Gasteiger partial charge in [0.1, 0.15) is 16.4 Å². The van der Waals surface area contributed by atoms with Gasteiger partial charge < -0.3 is 9.84 Å². The van der Waals surface area contributed by atoms with Crippen LogP contribution in [0.3, 0.4) is 0 Å². The van der Waals surface area contributed by atoms with Gasteiger partial charge in [-0.1, -0.05) is 36.4 Å². The van der Waals surface area contributed by atoms with Gasteiger partial charge in [0.2, 0.25) is 10.0 Å². The Balaban J connectivity index is 1.73. The molecule has 0 aromatic heterocycles. The Labute approximate surface area is 180 Å². The summed E-state index contributed by atoms with van der Waals surface area (Å²) in [7, 11) is -1.27. The first-order chi connectivity index (χ1) is 14.7. The normalized spacial score (nSPS) is 11.9. The summed E-state index contributed by atoms with van der Waals surface area (Å²) in [6, 6.07) is 15.5. The molecule has 0 aliphatic heterocycles. The second kappa shape index (κ2) is 9.15. The highest BCUT2D eigenvalue weighted by atomic mass is 32.2. The van der Waals surface area contributed by atoms with Crippen LogP contribution in [-0.2, 0) is 14.8 Å². The van der Waals surface area contributed by atoms with Crippen molar-refractivity contribution < 1.29 is 23.1 Å². The molecule has 9 heteroatoms. The number of amides is 1. The second-order valence-corrected chi connectivity index (χ2v) is 8.94. The summed E-state index contributed by atoms with van der Waals surface area (Å²) < 4.78 is 31.8. The first-order valence-electron chi connectivity index (χ1n) is 9.37. The van der Waals surface area contributed by atoms with Gasteiger partial charge >= 0.3 is 0 Å². The van der Waals surface area contributed by atoms with Crippen molar-refractivity contribution in [3.05, 3.63) is 65.7 Å². The highest BCUT2D eigenvalue weighted by Crippen LogP contribution is 2.27. The number of phenols is 1. The number of rotatable bonds is 7. The number of ether oxygens (including phenoxy) is 1. The number of sulfonamides is 1. The summed E-state index contributed by atoms with van der Waals surface area (Å²) in [6.45, 7) is 1.32. The van der Waals surface area contributed by atoms with Crippen molar-refractivity contribution in [1.29, 1.82) is 0 Å². The van der Waals surface area contributed by atoms with E-state index in [-0.39, 0.29) is 16.4 Å². The molecule has 0 fully saturated rings. The van der Waals surface area contributed by atoms with Crippen LogP contribution in [-0.4, -0.2) is 50.7 Å². The lowest BCUT2D eigenvalue weighted by Crippen LogP contribution is -2.36. The molecule has 0 spiro atoms. The number of aryl methyl sites for hydroxylation is 1. The highest BCUT2D eigenvalue weighted by Gasteiger charge is 2.26. The Bertz CT molecular complexity index is 1260. The van der Waals surface area contributed by atoms with Crippen molar-refractivity contribution in [2.75, 3.05) is 20.7 Å². The molecule has 0 saturated heterocycles. The van der Waals surface area contributed by atoms with E-state index in [0.717, 1.165) is 20.6 Å². The summed E-state index contributed by atoms with van der Waals surface area (Å²) in [6.07, 6.45) is 1.33. The molecule has 31 heavy (non-hydrogen) atoms. The number of carbonyl (C=O) groups excluding carboxylic acids is 1. The van der Waals surface area contributed by atoms with E-state index in [1.54, 1.807) is 31.2 Å². The van der Waals surface area contributed by atoms with Gasteiger partial charge in [0, 0.05) is 12.6 Å². The summed E-state index contributed by atoms with van der Waals surface area (Å²) in [5.41, 5.74) is 3.49. The number of fused-ring (bicyclic) bond motifs is 1. The standard InChI is InChI=1S/C22H23N3O5S/c1-15-8-11-20(30-3)21(12-15)31(28,29)25(2)14-22(27)24-23-13-18-17-7-5-4-6-16(17)9-10-19(18)26/h4-13,26H,14H2,1-3H3,(H,24,27). The van der Waals surface area contributed by atoms with E-state index in [0.29, 0.717) is 5.56 Å². The average molecular weight is 442 g/mol. The van der Waals surface area contributed by atoms with Gasteiger partial charge in [0.05, 0.1) is 19.9 Å². The quantitative estimate of drug-likeness (QED) is 0.433. The largest absolute Gasteiger partial charge is 0.507 e. The number of nitrogens with one attached hydrogen (secondary N) is 1. The SMILES string of the molecule is COc1ccc(C)cc1S(=O)(=O)N(C)CC(=O)NN=Cc1c(O)ccc2ccccc12. The van der Waals surface area contributed by atoms with Crippen LogP contribution in [0.5, 0.6) is 11.5 Å². The van der Waals surface area contributed by atoms with Gasteiger partial charge in [-0.15, -0.1) is 0 Å². The number of nitrogens with zero attached hydrogens (tertiary/aromatic N) is 2. The number of phenolic OH excluding ortho intramolecular Hbond substituents is 1. The van der Waals surface area contributed by atoms with Crippen molar-refractivity contribution in [2.45, 2.75) is 11.8 Å². The maximum absolute atomic E-state index is 12.9. The van der Waals surface area contributed by atoms with E-state index in [1.807, 2.05) is 24.3 Å². The number of hydrogen-bond acceptors (Lipinski definition) is 6. The molecule has 8 nitrogen and oxygen atoms in total. The highest BCUT2D eigenvalue weighted by molar-refractivity contribution is 7.89. The lowest BCUT2D eigenvalue weighted by molar-refractivity contribution is -0.121. The van der Waals surface area contributed by atoms with Crippen molar-refractivity contribution >= 4 is 32.9 Å². The van der Waals surface area contributed by atoms with Gasteiger partial charge in [-0.25, -0.2) is 13.8 Å². The van der Waals surface area contributed by atoms with Crippen LogP contribution in [0.15, 0.2) is 64.6 Å². The molecule has 162 valence electrons. The molecule has 0 radical (unpaired) electrons. The molecule has 1 amide bonds. The smallest absolute Gasteiger partial charge is 0.255 e. The third-order valence-corrected chi connectivity index (χ3v) is 6.53. The predicted octanol–water partition coefficient (Wildman–Crippen LogP) is 2.63. The third-order valence-electron chi connectivity index (χ3n) is 4.70. The van der Waals surface area contributed by atoms with Crippen LogP contribution in [0.25, 0.3) is 10.8 Å². The molecule has 0 aliphatic carbocycles. The first-order valence-corrected chi connectivity index (χ1v) is 10.8. The van der Waals surface area contributed by atoms with Gasteiger partial charge in [-0.3, -0.25) is 4.79 Å². The number of hydrazone groups is 1. The number of hydrogen-bond donors (Lipinski definition) is 2. The molecule has 0 heterocycles. The fourth-order valence-electron chi connectivity index (χ4n) is 3.06. The van der Waals surface area contributed by atoms with Crippen LogP contribution in [0.4, 0.5) is 0 Å². The molecule has 0 saturated carbocycles. The maximum Gasteiger partial charge on any atom is 0.255 e. The minimum Gasteiger partial charge on any atom is -0.507 e. The molecule has 2 N–H and O–H groups in total. The van der Waals surface area contributed by atoms with Crippen molar-refractivity contribution in [2.24, 2.45) is 5.10 Å². The molecule has 3 aromatic carbocycles. The molecular weight excluding hydrogens is 418 g/mol. The minimum absolute atomic E-state index is 0.0166. The monoisotopic (exact) mass is 441 g/mol. The van der Waals surface area contributed by atoms with E-state index >= 15 is 0 Å². The zero-order chi connectivity index (χ0) is 22.6. The number of carbonyl (C=O) groups is 1. The molecule has 0 atom stereocenters. The van der Waals surface area contributed by atoms with Crippen molar-refractivity contribution in [3.63, 3.8) is 0 Å². The zero-order valence-corrected chi connectivity index (χ0v) is 18.2. The number of likely N-dealkylation sites (N-methyl/N-ethyl adjacent to an activating group) is 1. The summed E-state index contributed by atoms with van der Waals surface area (Å²) in [4.78, 5) is 12.2. The second-order valence-electron chi connectivity index (χ2n) is 6.93. The van der Waals surface area contributed by atoms with Gasteiger partial charge in [0.15, 0.2) is 0 Å². The van der Waals surface area contributed by atoms with Gasteiger partial charge in [-0.2, -0.15) is 9.41 Å². The third kappa shape index (κ3) is 4.84. The van der Waals surface area contributed by atoms with Gasteiger partial charge in [0.25, 0.3) is 5.91 Å². The van der Waals surface area contributed by atoms with Crippen LogP contribution >= 0.6 is 0 Å². The van der Waals surface area contributed by atoms with E-state index in [4.69, 9.17) is 4.74 Å². The van der Waals surface area contributed by atoms with Crippen LogP contribution in [0, 0.1) is 6.92 Å². The molecule has 0 aliphatic rings. The van der Waals surface area contributed by atoms with Gasteiger partial charge in [-0.05, 0) is 41.5 Å². The zero-order valence-electron chi connectivity index (χ0n) is 17.4. The lowest BCUT2D eigenvalue weighted by atomic mass is 10.0. The summed E-state index contributed by atoms with van der Waals surface area (Å²) in [5.74, 6) is -0.418. The predicted molar refractivity (Wildman–Crippen MR) is 119 cm³/mol. The lowest BCUT2D eigenvalue weighted by Gasteiger charge is -2.18. The average Bonchev–Trinajstić information content (AvgIpc) is 2.75. The number of methoxy groups -OCH3 is 1. The number of benzene rings is 3. The Morgan fingerprint density at radius 2 is 1.94 bits per heavy atom. The topological polar surface area (TPSA) is 108 Å². The van der Waals surface area contributed by atoms with Crippen LogP contribution in [0.2, 0.25) is 0 Å². The van der Waals surface area contributed by atoms with Crippen molar-refractivity contribution in [1.82, 2.24) is 9.73 Å². The Hall–Kier alpha value is -3.43. The Morgan fingerprint density at radius 1 is 1.19 bits per heavy atom. The summed E-state index contributed by atoms with van der Waals surface area (Å²) >= 11 is 0. The van der Waals surface area contributed by atoms with Crippen LogP contribution in [0.1, 0.15) is 11.1 Å². The summed E-state index contributed by atoms with van der Waals surface area (Å²) in [5, 5.41) is 15.7. The van der Waals surface area contributed by atoms with E-state index in [2.05, 4.69) is 10.5 Å².